The summed E-state index contributed by atoms with van der Waals surface area (Å²) in [5, 5.41) is 6.13. The zero-order valence-corrected chi connectivity index (χ0v) is 13.6. The Kier molecular flexibility index (Phi) is 5.15. The molecule has 1 saturated carbocycles. The molecule has 0 aliphatic heterocycles. The van der Waals surface area contributed by atoms with E-state index in [1.807, 2.05) is 30.3 Å². The maximum absolute atomic E-state index is 11.8. The van der Waals surface area contributed by atoms with Gasteiger partial charge in [-0.05, 0) is 49.2 Å². The monoisotopic (exact) mass is 327 g/mol. The Bertz CT molecular complexity index is 667. The van der Waals surface area contributed by atoms with Crippen molar-refractivity contribution in [2.24, 2.45) is 0 Å². The molecule has 0 bridgehead atoms. The molecular formula is C18H21N3O3. The molecular weight excluding hydrogens is 306 g/mol. The van der Waals surface area contributed by atoms with E-state index >= 15 is 0 Å². The number of hydrogen-bond acceptors (Lipinski definition) is 5. The first-order valence-corrected chi connectivity index (χ1v) is 8.02. The highest BCUT2D eigenvalue weighted by Gasteiger charge is 2.24. The number of amides is 1. The first-order valence-electron chi connectivity index (χ1n) is 8.02. The van der Waals surface area contributed by atoms with Crippen molar-refractivity contribution in [3.63, 3.8) is 0 Å². The lowest BCUT2D eigenvalue weighted by molar-refractivity contribution is 0.0946. The third-order valence-electron chi connectivity index (χ3n) is 3.67. The van der Waals surface area contributed by atoms with E-state index in [0.717, 1.165) is 30.0 Å². The van der Waals surface area contributed by atoms with Crippen LogP contribution in [-0.4, -0.2) is 37.2 Å². The smallest absolute Gasteiger partial charge is 0.270 e. The number of ether oxygens (including phenoxy) is 2. The molecule has 1 aromatic carbocycles. The van der Waals surface area contributed by atoms with E-state index < -0.39 is 0 Å². The zero-order valence-electron chi connectivity index (χ0n) is 13.6. The number of pyridine rings is 1. The van der Waals surface area contributed by atoms with Gasteiger partial charge in [0.25, 0.3) is 5.91 Å². The molecule has 1 aromatic heterocycles. The van der Waals surface area contributed by atoms with Crippen LogP contribution in [0.3, 0.4) is 0 Å². The van der Waals surface area contributed by atoms with Gasteiger partial charge in [-0.2, -0.15) is 0 Å². The van der Waals surface area contributed by atoms with Gasteiger partial charge in [0.15, 0.2) is 0 Å². The van der Waals surface area contributed by atoms with Crippen LogP contribution in [0.4, 0.5) is 5.69 Å². The van der Waals surface area contributed by atoms with Crippen LogP contribution >= 0.6 is 0 Å². The maximum atomic E-state index is 11.8. The topological polar surface area (TPSA) is 72.5 Å². The molecule has 1 aliphatic rings. The number of aromatic nitrogens is 1. The Morgan fingerprint density at radius 3 is 2.54 bits per heavy atom. The molecule has 126 valence electrons. The molecule has 6 nitrogen and oxygen atoms in total. The Hall–Kier alpha value is -2.76. The van der Waals surface area contributed by atoms with Crippen LogP contribution in [0.15, 0.2) is 42.6 Å². The first-order chi connectivity index (χ1) is 11.7. The number of hydrogen-bond donors (Lipinski definition) is 2. The summed E-state index contributed by atoms with van der Waals surface area (Å²) in [4.78, 5) is 16.0. The van der Waals surface area contributed by atoms with Gasteiger partial charge >= 0.3 is 0 Å². The van der Waals surface area contributed by atoms with Gasteiger partial charge in [0.05, 0.1) is 19.0 Å². The molecule has 0 atom stereocenters. The second-order valence-electron chi connectivity index (χ2n) is 5.63. The van der Waals surface area contributed by atoms with Crippen molar-refractivity contribution in [2.75, 3.05) is 25.6 Å². The molecule has 6 heteroatoms. The number of nitrogens with zero attached hydrogens (tertiary/aromatic N) is 1. The van der Waals surface area contributed by atoms with Gasteiger partial charge in [0.1, 0.15) is 23.8 Å². The molecule has 1 aliphatic carbocycles. The predicted molar refractivity (Wildman–Crippen MR) is 91.7 cm³/mol. The molecule has 0 radical (unpaired) electrons. The third-order valence-corrected chi connectivity index (χ3v) is 3.67. The number of anilines is 1. The summed E-state index contributed by atoms with van der Waals surface area (Å²) < 4.78 is 10.7. The van der Waals surface area contributed by atoms with Gasteiger partial charge in [0, 0.05) is 12.6 Å². The van der Waals surface area contributed by atoms with Crippen molar-refractivity contribution in [3.05, 3.63) is 48.3 Å². The fraction of sp³-hybridized carbons (Fsp3) is 0.333. The molecule has 24 heavy (non-hydrogen) atoms. The van der Waals surface area contributed by atoms with Gasteiger partial charge in [-0.1, -0.05) is 0 Å². The molecule has 2 N–H and O–H groups in total. The minimum Gasteiger partial charge on any atom is -0.497 e. The summed E-state index contributed by atoms with van der Waals surface area (Å²) in [6.07, 6.45) is 3.80. The maximum Gasteiger partial charge on any atom is 0.270 e. The first kappa shape index (κ1) is 16.1. The van der Waals surface area contributed by atoms with E-state index in [1.165, 1.54) is 0 Å². The van der Waals surface area contributed by atoms with Gasteiger partial charge in [-0.15, -0.1) is 0 Å². The average molecular weight is 327 g/mol. The van der Waals surface area contributed by atoms with E-state index in [1.54, 1.807) is 19.4 Å². The second kappa shape index (κ2) is 7.68. The summed E-state index contributed by atoms with van der Waals surface area (Å²) in [5.74, 6) is 1.49. The summed E-state index contributed by atoms with van der Waals surface area (Å²) >= 11 is 0. The number of carbonyl (C=O) groups excluding carboxylic acids is 1. The van der Waals surface area contributed by atoms with Crippen LogP contribution in [0.2, 0.25) is 0 Å². The Morgan fingerprint density at radius 2 is 1.92 bits per heavy atom. The van der Waals surface area contributed by atoms with Crippen LogP contribution in [0.5, 0.6) is 11.5 Å². The van der Waals surface area contributed by atoms with Crippen molar-refractivity contribution >= 4 is 11.6 Å². The molecule has 0 unspecified atom stereocenters. The van der Waals surface area contributed by atoms with Crippen molar-refractivity contribution < 1.29 is 14.3 Å². The summed E-state index contributed by atoms with van der Waals surface area (Å²) in [5.41, 5.74) is 1.30. The average Bonchev–Trinajstić information content (AvgIpc) is 3.44. The molecule has 0 saturated heterocycles. The minimum absolute atomic E-state index is 0.105. The molecule has 1 amide bonds. The number of benzene rings is 1. The number of methoxy groups -OCH3 is 1. The van der Waals surface area contributed by atoms with E-state index in [-0.39, 0.29) is 5.91 Å². The lowest BCUT2D eigenvalue weighted by Crippen LogP contribution is -2.26. The van der Waals surface area contributed by atoms with Gasteiger partial charge in [-0.3, -0.25) is 4.79 Å². The number of nitrogens with one attached hydrogen (secondary N) is 2. The van der Waals surface area contributed by atoms with E-state index in [9.17, 15) is 4.79 Å². The van der Waals surface area contributed by atoms with Crippen LogP contribution in [0.25, 0.3) is 0 Å². The SMILES string of the molecule is COc1ccc(OCCNc2ccc(C(=O)NC3CC3)nc2)cc1. The second-order valence-corrected chi connectivity index (χ2v) is 5.63. The summed E-state index contributed by atoms with van der Waals surface area (Å²) in [6.45, 7) is 1.16. The number of rotatable bonds is 8. The highest BCUT2D eigenvalue weighted by Crippen LogP contribution is 2.19. The zero-order chi connectivity index (χ0) is 16.8. The lowest BCUT2D eigenvalue weighted by Gasteiger charge is -2.09. The summed E-state index contributed by atoms with van der Waals surface area (Å²) in [7, 11) is 1.63. The highest BCUT2D eigenvalue weighted by atomic mass is 16.5. The summed E-state index contributed by atoms with van der Waals surface area (Å²) in [6, 6.07) is 11.4. The standard InChI is InChI=1S/C18H21N3O3/c1-23-15-5-7-16(8-6-15)24-11-10-19-14-4-9-17(20-12-14)18(22)21-13-2-3-13/h4-9,12-13,19H,2-3,10-11H2,1H3,(H,21,22). The molecule has 2 aromatic rings. The minimum atomic E-state index is -0.105. The fourth-order valence-electron chi connectivity index (χ4n) is 2.16. The van der Waals surface area contributed by atoms with Crippen molar-refractivity contribution in [3.8, 4) is 11.5 Å². The van der Waals surface area contributed by atoms with Crippen LogP contribution in [0.1, 0.15) is 23.3 Å². The molecule has 1 heterocycles. The third kappa shape index (κ3) is 4.62. The quantitative estimate of drug-likeness (QED) is 0.729. The Balaban J connectivity index is 1.40. The number of carbonyl (C=O) groups is 1. The largest absolute Gasteiger partial charge is 0.497 e. The van der Waals surface area contributed by atoms with E-state index in [0.29, 0.717) is 24.9 Å². The van der Waals surface area contributed by atoms with E-state index in [2.05, 4.69) is 15.6 Å². The predicted octanol–water partition coefficient (Wildman–Crippen LogP) is 2.47. The highest BCUT2D eigenvalue weighted by molar-refractivity contribution is 5.92. The van der Waals surface area contributed by atoms with Crippen molar-refractivity contribution in [1.82, 2.24) is 10.3 Å². The van der Waals surface area contributed by atoms with Crippen molar-refractivity contribution in [2.45, 2.75) is 18.9 Å². The molecule has 1 fully saturated rings. The normalized spacial score (nSPS) is 13.2. The van der Waals surface area contributed by atoms with Crippen LogP contribution in [-0.2, 0) is 0 Å². The van der Waals surface area contributed by atoms with E-state index in [4.69, 9.17) is 9.47 Å². The Morgan fingerprint density at radius 1 is 1.17 bits per heavy atom. The fourth-order valence-corrected chi connectivity index (χ4v) is 2.16. The van der Waals surface area contributed by atoms with Crippen molar-refractivity contribution in [1.29, 1.82) is 0 Å². The lowest BCUT2D eigenvalue weighted by atomic mass is 10.3. The molecule has 0 spiro atoms. The van der Waals surface area contributed by atoms with Gasteiger partial charge in [-0.25, -0.2) is 4.98 Å². The van der Waals surface area contributed by atoms with Crippen LogP contribution < -0.4 is 20.1 Å². The van der Waals surface area contributed by atoms with Gasteiger partial charge in [0.2, 0.25) is 0 Å². The Labute approximate surface area is 141 Å². The molecule has 3 rings (SSSR count). The van der Waals surface area contributed by atoms with Crippen LogP contribution in [0, 0.1) is 0 Å². The van der Waals surface area contributed by atoms with Gasteiger partial charge < -0.3 is 20.1 Å².